The maximum absolute atomic E-state index is 12.7. The second kappa shape index (κ2) is 9.80. The third kappa shape index (κ3) is 5.99. The summed E-state index contributed by atoms with van der Waals surface area (Å²) in [5.74, 6) is 0.576. The highest BCUT2D eigenvalue weighted by atomic mass is 35.5. The van der Waals surface area contributed by atoms with Gasteiger partial charge >= 0.3 is 0 Å². The number of sulfonamides is 1. The number of amides is 1. The Morgan fingerprint density at radius 1 is 1.39 bits per heavy atom. The van der Waals surface area contributed by atoms with E-state index in [4.69, 9.17) is 16.3 Å². The monoisotopic (exact) mass is 431 g/mol. The van der Waals surface area contributed by atoms with Gasteiger partial charge < -0.3 is 15.0 Å². The van der Waals surface area contributed by atoms with E-state index < -0.39 is 16.1 Å². The topological polar surface area (TPSA) is 79.0 Å². The molecule has 9 heteroatoms. The molecule has 1 aliphatic heterocycles. The van der Waals surface area contributed by atoms with Crippen LogP contribution < -0.4 is 14.4 Å². The molecule has 1 amide bonds. The number of carbonyl (C=O) groups excluding carboxylic acids is 1. The van der Waals surface area contributed by atoms with E-state index in [1.54, 1.807) is 19.1 Å². The zero-order valence-electron chi connectivity index (χ0n) is 16.9. The van der Waals surface area contributed by atoms with Crippen LogP contribution in [0, 0.1) is 5.92 Å². The number of anilines is 1. The molecule has 0 unspecified atom stereocenters. The number of hydrogen-bond donors (Lipinski definition) is 1. The second-order valence-corrected chi connectivity index (χ2v) is 9.67. The van der Waals surface area contributed by atoms with Crippen LogP contribution in [0.5, 0.6) is 5.75 Å². The zero-order valence-corrected chi connectivity index (χ0v) is 18.5. The Bertz CT molecular complexity index is 779. The summed E-state index contributed by atoms with van der Waals surface area (Å²) in [6, 6.07) is 3.75. The van der Waals surface area contributed by atoms with Gasteiger partial charge in [0.15, 0.2) is 0 Å². The van der Waals surface area contributed by atoms with Crippen molar-refractivity contribution < 1.29 is 17.9 Å². The van der Waals surface area contributed by atoms with Crippen LogP contribution in [-0.4, -0.2) is 65.3 Å². The Morgan fingerprint density at radius 3 is 2.61 bits per heavy atom. The smallest absolute Gasteiger partial charge is 0.243 e. The number of likely N-dealkylation sites (tertiary alicyclic amines) is 1. The van der Waals surface area contributed by atoms with Gasteiger partial charge in [0.05, 0.1) is 19.1 Å². The predicted octanol–water partition coefficient (Wildman–Crippen LogP) is 2.35. The highest BCUT2D eigenvalue weighted by molar-refractivity contribution is 7.92. The summed E-state index contributed by atoms with van der Waals surface area (Å²) in [6.45, 7) is 4.24. The minimum Gasteiger partial charge on any atom is -0.495 e. The molecule has 1 aliphatic rings. The molecule has 0 spiro atoms. The average Bonchev–Trinajstić information content (AvgIpc) is 2.62. The lowest BCUT2D eigenvalue weighted by atomic mass is 9.94. The summed E-state index contributed by atoms with van der Waals surface area (Å²) < 4.78 is 31.2. The molecule has 0 saturated carbocycles. The van der Waals surface area contributed by atoms with Gasteiger partial charge in [0.25, 0.3) is 0 Å². The maximum atomic E-state index is 12.7. The third-order valence-electron chi connectivity index (χ3n) is 5.16. The fourth-order valence-electron chi connectivity index (χ4n) is 3.51. The number of benzene rings is 1. The molecule has 2 rings (SSSR count). The standard InChI is InChI=1S/C19H30ClN3O4S/c1-14(19(24)21-10-7-15-8-11-22(2)12-9-15)23(28(4,25)26)17-13-16(20)5-6-18(17)27-3/h5-6,13-15H,7-12H2,1-4H3,(H,21,24)/t14-/m1/s1. The minimum absolute atomic E-state index is 0.246. The van der Waals surface area contributed by atoms with Crippen LogP contribution in [0.15, 0.2) is 18.2 Å². The van der Waals surface area contributed by atoms with Gasteiger partial charge in [0.1, 0.15) is 11.8 Å². The molecule has 158 valence electrons. The van der Waals surface area contributed by atoms with E-state index in [1.807, 2.05) is 0 Å². The van der Waals surface area contributed by atoms with Crippen molar-refractivity contribution in [3.05, 3.63) is 23.2 Å². The molecular weight excluding hydrogens is 402 g/mol. The van der Waals surface area contributed by atoms with E-state index in [0.29, 0.717) is 23.2 Å². The maximum Gasteiger partial charge on any atom is 0.243 e. The molecule has 0 radical (unpaired) electrons. The van der Waals surface area contributed by atoms with Gasteiger partial charge in [-0.1, -0.05) is 11.6 Å². The molecule has 1 atom stereocenters. The first-order chi connectivity index (χ1) is 13.1. The van der Waals surface area contributed by atoms with Gasteiger partial charge in [-0.3, -0.25) is 9.10 Å². The first-order valence-corrected chi connectivity index (χ1v) is 11.6. The highest BCUT2D eigenvalue weighted by Gasteiger charge is 2.31. The van der Waals surface area contributed by atoms with E-state index in [1.165, 1.54) is 13.2 Å². The van der Waals surface area contributed by atoms with Crippen molar-refractivity contribution in [3.63, 3.8) is 0 Å². The summed E-state index contributed by atoms with van der Waals surface area (Å²) in [5, 5.41) is 3.24. The van der Waals surface area contributed by atoms with Crippen LogP contribution in [-0.2, 0) is 14.8 Å². The largest absolute Gasteiger partial charge is 0.495 e. The Kier molecular flexibility index (Phi) is 7.97. The van der Waals surface area contributed by atoms with Crippen molar-refractivity contribution in [2.45, 2.75) is 32.2 Å². The van der Waals surface area contributed by atoms with Gasteiger partial charge in [-0.25, -0.2) is 8.42 Å². The molecular formula is C19H30ClN3O4S. The Morgan fingerprint density at radius 2 is 2.04 bits per heavy atom. The van der Waals surface area contributed by atoms with Crippen molar-refractivity contribution >= 4 is 33.2 Å². The molecule has 7 nitrogen and oxygen atoms in total. The molecule has 0 aliphatic carbocycles. The molecule has 0 aromatic heterocycles. The molecule has 1 saturated heterocycles. The van der Waals surface area contributed by atoms with Crippen LogP contribution in [0.4, 0.5) is 5.69 Å². The first kappa shape index (κ1) is 22.8. The van der Waals surface area contributed by atoms with E-state index >= 15 is 0 Å². The van der Waals surface area contributed by atoms with Crippen LogP contribution in [0.1, 0.15) is 26.2 Å². The number of nitrogens with one attached hydrogen (secondary N) is 1. The lowest BCUT2D eigenvalue weighted by Crippen LogP contribution is -2.48. The fraction of sp³-hybridized carbons (Fsp3) is 0.632. The quantitative estimate of drug-likeness (QED) is 0.683. The normalized spacial score (nSPS) is 17.2. The Balaban J connectivity index is 2.08. The summed E-state index contributed by atoms with van der Waals surface area (Å²) in [7, 11) is -0.176. The molecule has 0 bridgehead atoms. The SMILES string of the molecule is COc1ccc(Cl)cc1N([C@H](C)C(=O)NCCC1CCN(C)CC1)S(C)(=O)=O. The van der Waals surface area contributed by atoms with Gasteiger partial charge in [-0.05, 0) is 70.4 Å². The lowest BCUT2D eigenvalue weighted by molar-refractivity contribution is -0.121. The second-order valence-electron chi connectivity index (χ2n) is 7.38. The predicted molar refractivity (Wildman–Crippen MR) is 113 cm³/mol. The van der Waals surface area contributed by atoms with E-state index in [2.05, 4.69) is 17.3 Å². The Hall–Kier alpha value is -1.51. The molecule has 1 aromatic rings. The van der Waals surface area contributed by atoms with Crippen LogP contribution in [0.3, 0.4) is 0 Å². The van der Waals surface area contributed by atoms with Crippen molar-refractivity contribution in [1.82, 2.24) is 10.2 Å². The van der Waals surface area contributed by atoms with Gasteiger partial charge in [-0.2, -0.15) is 0 Å². The molecule has 1 aromatic carbocycles. The van der Waals surface area contributed by atoms with Crippen LogP contribution in [0.2, 0.25) is 5.02 Å². The molecule has 1 N–H and O–H groups in total. The molecule has 1 heterocycles. The van der Waals surface area contributed by atoms with Crippen LogP contribution in [0.25, 0.3) is 0 Å². The van der Waals surface area contributed by atoms with Crippen molar-refractivity contribution in [2.24, 2.45) is 5.92 Å². The number of methoxy groups -OCH3 is 1. The average molecular weight is 432 g/mol. The number of hydrogen-bond acceptors (Lipinski definition) is 5. The highest BCUT2D eigenvalue weighted by Crippen LogP contribution is 2.34. The molecule has 28 heavy (non-hydrogen) atoms. The number of ether oxygens (including phenoxy) is 1. The van der Waals surface area contributed by atoms with Crippen molar-refractivity contribution in [2.75, 3.05) is 44.4 Å². The third-order valence-corrected chi connectivity index (χ3v) is 6.62. The van der Waals surface area contributed by atoms with Crippen molar-refractivity contribution in [3.8, 4) is 5.75 Å². The Labute approximate surface area is 173 Å². The van der Waals surface area contributed by atoms with Gasteiger partial charge in [0, 0.05) is 11.6 Å². The van der Waals surface area contributed by atoms with E-state index in [9.17, 15) is 13.2 Å². The minimum atomic E-state index is -3.73. The fourth-order valence-corrected chi connectivity index (χ4v) is 4.85. The number of halogens is 1. The van der Waals surface area contributed by atoms with Gasteiger partial charge in [-0.15, -0.1) is 0 Å². The van der Waals surface area contributed by atoms with Crippen molar-refractivity contribution in [1.29, 1.82) is 0 Å². The number of piperidine rings is 1. The number of nitrogens with zero attached hydrogens (tertiary/aromatic N) is 2. The lowest BCUT2D eigenvalue weighted by Gasteiger charge is -2.30. The summed E-state index contributed by atoms with van der Waals surface area (Å²) in [6.07, 6.45) is 4.20. The van der Waals surface area contributed by atoms with E-state index in [0.717, 1.165) is 42.9 Å². The summed E-state index contributed by atoms with van der Waals surface area (Å²) in [4.78, 5) is 15.0. The number of rotatable bonds is 8. The zero-order chi connectivity index (χ0) is 20.9. The molecule has 1 fully saturated rings. The van der Waals surface area contributed by atoms with Gasteiger partial charge in [0.2, 0.25) is 15.9 Å². The van der Waals surface area contributed by atoms with Crippen LogP contribution >= 0.6 is 11.6 Å². The number of carbonyl (C=O) groups is 1. The first-order valence-electron chi connectivity index (χ1n) is 9.42. The summed E-state index contributed by atoms with van der Waals surface area (Å²) >= 11 is 6.05. The van der Waals surface area contributed by atoms with E-state index in [-0.39, 0.29) is 11.6 Å². The summed E-state index contributed by atoms with van der Waals surface area (Å²) in [5.41, 5.74) is 0.246.